The molecule has 0 saturated heterocycles. The second kappa shape index (κ2) is 9.91. The van der Waals surface area contributed by atoms with Crippen LogP contribution in [0.15, 0.2) is 134 Å². The first-order valence-corrected chi connectivity index (χ1v) is 13.7. The van der Waals surface area contributed by atoms with Crippen LogP contribution in [0.2, 0.25) is 0 Å². The van der Waals surface area contributed by atoms with Crippen molar-refractivity contribution in [2.24, 2.45) is 0 Å². The number of hydrogen-bond acceptors (Lipinski definition) is 2. The van der Waals surface area contributed by atoms with Gasteiger partial charge in [0, 0.05) is 29.3 Å². The molecule has 0 fully saturated rings. The zero-order chi connectivity index (χ0) is 27.1. The average Bonchev–Trinajstić information content (AvgIpc) is 3.00. The zero-order valence-corrected chi connectivity index (χ0v) is 22.6. The van der Waals surface area contributed by atoms with E-state index in [0.717, 1.165) is 11.4 Å². The molecule has 0 aliphatic carbocycles. The highest BCUT2D eigenvalue weighted by molar-refractivity contribution is 6.21. The smallest absolute Gasteiger partial charge is 0.0450 e. The SMILES string of the molecule is Cc1cc(-c2ccc(-c3c4ccccc4c(-c4cccc(-c5cccnc5C)c4)c4ccccc34)cc2)ccn1. The van der Waals surface area contributed by atoms with Crippen molar-refractivity contribution in [3.05, 3.63) is 145 Å². The quantitative estimate of drug-likeness (QED) is 0.219. The van der Waals surface area contributed by atoms with E-state index in [-0.39, 0.29) is 0 Å². The molecule has 0 aliphatic heterocycles. The lowest BCUT2D eigenvalue weighted by Crippen LogP contribution is -1.92. The van der Waals surface area contributed by atoms with Crippen LogP contribution in [-0.4, -0.2) is 9.97 Å². The molecule has 0 saturated carbocycles. The molecular weight excluding hydrogens is 484 g/mol. The van der Waals surface area contributed by atoms with Crippen molar-refractivity contribution in [3.8, 4) is 44.5 Å². The molecule has 7 rings (SSSR count). The highest BCUT2D eigenvalue weighted by atomic mass is 14.7. The molecule has 0 N–H and O–H groups in total. The highest BCUT2D eigenvalue weighted by Gasteiger charge is 2.17. The topological polar surface area (TPSA) is 25.8 Å². The molecule has 0 radical (unpaired) electrons. The van der Waals surface area contributed by atoms with E-state index in [1.807, 2.05) is 25.4 Å². The number of benzene rings is 5. The third kappa shape index (κ3) is 4.15. The lowest BCUT2D eigenvalue weighted by atomic mass is 9.85. The Hall–Kier alpha value is -5.08. The number of aromatic nitrogens is 2. The third-order valence-electron chi connectivity index (χ3n) is 7.80. The molecule has 0 aliphatic rings. The number of aryl methyl sites for hydroxylation is 2. The van der Waals surface area contributed by atoms with E-state index in [1.54, 1.807) is 0 Å². The summed E-state index contributed by atoms with van der Waals surface area (Å²) in [5.74, 6) is 0. The first-order chi connectivity index (χ1) is 19.7. The summed E-state index contributed by atoms with van der Waals surface area (Å²) in [4.78, 5) is 8.89. The molecule has 2 aromatic heterocycles. The minimum Gasteiger partial charge on any atom is -0.262 e. The third-order valence-corrected chi connectivity index (χ3v) is 7.80. The fourth-order valence-corrected chi connectivity index (χ4v) is 5.94. The first-order valence-electron chi connectivity index (χ1n) is 13.7. The molecule has 2 heterocycles. The van der Waals surface area contributed by atoms with Gasteiger partial charge in [-0.1, -0.05) is 97.1 Å². The van der Waals surface area contributed by atoms with E-state index in [4.69, 9.17) is 0 Å². The lowest BCUT2D eigenvalue weighted by Gasteiger charge is -2.18. The van der Waals surface area contributed by atoms with Crippen LogP contribution in [0.25, 0.3) is 66.1 Å². The van der Waals surface area contributed by atoms with Gasteiger partial charge in [-0.3, -0.25) is 9.97 Å². The fourth-order valence-electron chi connectivity index (χ4n) is 5.94. The lowest BCUT2D eigenvalue weighted by molar-refractivity contribution is 1.20. The van der Waals surface area contributed by atoms with Gasteiger partial charge < -0.3 is 0 Å². The van der Waals surface area contributed by atoms with Crippen LogP contribution in [0, 0.1) is 13.8 Å². The molecule has 0 atom stereocenters. The summed E-state index contributed by atoms with van der Waals surface area (Å²) in [6.45, 7) is 4.11. The van der Waals surface area contributed by atoms with E-state index < -0.39 is 0 Å². The summed E-state index contributed by atoms with van der Waals surface area (Å²) in [5.41, 5.74) is 11.8. The standard InChI is InChI=1S/C38H28N2/c1-25-23-29(20-22-39-25)27-16-18-28(19-17-27)37-33-11-3-5-13-35(33)38(36-14-6-4-12-34(36)37)31-10-7-9-30(24-31)32-15-8-21-40-26(32)2/h3-24H,1-2H3. The maximum atomic E-state index is 4.53. The van der Waals surface area contributed by atoms with E-state index >= 15 is 0 Å². The normalized spacial score (nSPS) is 11.2. The summed E-state index contributed by atoms with van der Waals surface area (Å²) < 4.78 is 0. The monoisotopic (exact) mass is 512 g/mol. The number of nitrogens with zero attached hydrogens (tertiary/aromatic N) is 2. The molecule has 2 nitrogen and oxygen atoms in total. The van der Waals surface area contributed by atoms with Crippen molar-refractivity contribution >= 4 is 21.5 Å². The molecule has 0 unspecified atom stereocenters. The maximum Gasteiger partial charge on any atom is 0.0450 e. The molecule has 40 heavy (non-hydrogen) atoms. The molecule has 0 bridgehead atoms. The van der Waals surface area contributed by atoms with Gasteiger partial charge in [0.1, 0.15) is 0 Å². The van der Waals surface area contributed by atoms with Crippen molar-refractivity contribution in [1.82, 2.24) is 9.97 Å². The van der Waals surface area contributed by atoms with E-state index in [2.05, 4.69) is 132 Å². The van der Waals surface area contributed by atoms with Crippen LogP contribution < -0.4 is 0 Å². The van der Waals surface area contributed by atoms with Gasteiger partial charge in [-0.15, -0.1) is 0 Å². The molecular formula is C38H28N2. The minimum atomic E-state index is 1.02. The molecule has 2 heteroatoms. The maximum absolute atomic E-state index is 4.53. The van der Waals surface area contributed by atoms with E-state index in [1.165, 1.54) is 66.1 Å². The number of fused-ring (bicyclic) bond motifs is 2. The van der Waals surface area contributed by atoms with E-state index in [0.29, 0.717) is 0 Å². The predicted molar refractivity (Wildman–Crippen MR) is 168 cm³/mol. The summed E-state index contributed by atoms with van der Waals surface area (Å²) in [6.07, 6.45) is 3.73. The van der Waals surface area contributed by atoms with Gasteiger partial charge in [0.2, 0.25) is 0 Å². The second-order valence-corrected chi connectivity index (χ2v) is 10.3. The number of pyridine rings is 2. The second-order valence-electron chi connectivity index (χ2n) is 10.3. The Labute approximate surface area is 234 Å². The van der Waals surface area contributed by atoms with Crippen molar-refractivity contribution in [2.75, 3.05) is 0 Å². The first kappa shape index (κ1) is 24.0. The van der Waals surface area contributed by atoms with Crippen LogP contribution in [0.3, 0.4) is 0 Å². The predicted octanol–water partition coefficient (Wildman–Crippen LogP) is 10.1. The Balaban J connectivity index is 1.45. The summed E-state index contributed by atoms with van der Waals surface area (Å²) in [6, 6.07) is 43.8. The largest absolute Gasteiger partial charge is 0.262 e. The van der Waals surface area contributed by atoms with Gasteiger partial charge in [-0.25, -0.2) is 0 Å². The van der Waals surface area contributed by atoms with Crippen LogP contribution >= 0.6 is 0 Å². The van der Waals surface area contributed by atoms with Crippen LogP contribution in [0.1, 0.15) is 11.4 Å². The van der Waals surface area contributed by atoms with Gasteiger partial charge in [-0.2, -0.15) is 0 Å². The number of rotatable bonds is 4. The van der Waals surface area contributed by atoms with Crippen LogP contribution in [0.4, 0.5) is 0 Å². The van der Waals surface area contributed by atoms with Crippen molar-refractivity contribution in [2.45, 2.75) is 13.8 Å². The van der Waals surface area contributed by atoms with Gasteiger partial charge in [0.05, 0.1) is 0 Å². The van der Waals surface area contributed by atoms with Crippen molar-refractivity contribution in [1.29, 1.82) is 0 Å². The highest BCUT2D eigenvalue weighted by Crippen LogP contribution is 2.44. The Morgan fingerprint density at radius 3 is 1.62 bits per heavy atom. The van der Waals surface area contributed by atoms with Crippen molar-refractivity contribution < 1.29 is 0 Å². The van der Waals surface area contributed by atoms with Gasteiger partial charge in [-0.05, 0) is 98.6 Å². The van der Waals surface area contributed by atoms with E-state index in [9.17, 15) is 0 Å². The average molecular weight is 513 g/mol. The molecule has 0 amide bonds. The zero-order valence-electron chi connectivity index (χ0n) is 22.6. The Morgan fingerprint density at radius 1 is 0.400 bits per heavy atom. The van der Waals surface area contributed by atoms with Crippen LogP contribution in [0.5, 0.6) is 0 Å². The Bertz CT molecular complexity index is 1960. The number of hydrogen-bond donors (Lipinski definition) is 0. The molecule has 7 aromatic rings. The fraction of sp³-hybridized carbons (Fsp3) is 0.0526. The van der Waals surface area contributed by atoms with Gasteiger partial charge in [0.15, 0.2) is 0 Å². The summed E-state index contributed by atoms with van der Waals surface area (Å²) in [7, 11) is 0. The van der Waals surface area contributed by atoms with Gasteiger partial charge >= 0.3 is 0 Å². The van der Waals surface area contributed by atoms with Gasteiger partial charge in [0.25, 0.3) is 0 Å². The Morgan fingerprint density at radius 2 is 1.00 bits per heavy atom. The Kier molecular flexibility index (Phi) is 5.94. The van der Waals surface area contributed by atoms with Crippen LogP contribution in [-0.2, 0) is 0 Å². The summed E-state index contributed by atoms with van der Waals surface area (Å²) in [5, 5.41) is 5.02. The minimum absolute atomic E-state index is 1.02. The molecule has 5 aromatic carbocycles. The molecule has 190 valence electrons. The molecule has 0 spiro atoms. The summed E-state index contributed by atoms with van der Waals surface area (Å²) >= 11 is 0. The van der Waals surface area contributed by atoms with Crippen molar-refractivity contribution in [3.63, 3.8) is 0 Å².